The Hall–Kier alpha value is -1.89. The summed E-state index contributed by atoms with van der Waals surface area (Å²) in [6.07, 6.45) is 0. The Morgan fingerprint density at radius 1 is 1.08 bits per heavy atom. The van der Waals surface area contributed by atoms with E-state index >= 15 is 0 Å². The van der Waals surface area contributed by atoms with Gasteiger partial charge >= 0.3 is 5.69 Å². The maximum absolute atomic E-state index is 12.2. The zero-order valence-corrected chi connectivity index (χ0v) is 16.6. The van der Waals surface area contributed by atoms with E-state index in [1.54, 1.807) is 53.6 Å². The Balaban J connectivity index is 1.64. The molecule has 5 nitrogen and oxygen atoms in total. The molecule has 0 atom stereocenters. The number of aromatic nitrogens is 2. The number of benzene rings is 2. The monoisotopic (exact) mass is 409 g/mol. The third-order valence-corrected chi connectivity index (χ3v) is 5.76. The molecule has 8 heteroatoms. The number of carbonyl (C=O) groups excluding carboxylic acids is 1. The summed E-state index contributed by atoms with van der Waals surface area (Å²) in [6.45, 7) is 0. The molecule has 2 aromatic carbocycles. The molecule has 1 N–H and O–H groups in total. The molecule has 0 aliphatic heterocycles. The van der Waals surface area contributed by atoms with Gasteiger partial charge in [-0.3, -0.25) is 13.9 Å². The lowest BCUT2D eigenvalue weighted by Gasteiger charge is -2.08. The zero-order chi connectivity index (χ0) is 18.8. The fourth-order valence-electron chi connectivity index (χ4n) is 2.70. The van der Waals surface area contributed by atoms with Crippen LogP contribution in [0.1, 0.15) is 5.56 Å². The summed E-state index contributed by atoms with van der Waals surface area (Å²) in [5.74, 6) is 0.698. The fourth-order valence-corrected chi connectivity index (χ4v) is 4.26. The van der Waals surface area contributed by atoms with Crippen molar-refractivity contribution in [1.29, 1.82) is 0 Å². The smallest absolute Gasteiger partial charge is 0.325 e. The van der Waals surface area contributed by atoms with E-state index in [1.807, 2.05) is 6.07 Å². The Kier molecular flexibility index (Phi) is 5.65. The van der Waals surface area contributed by atoms with Crippen molar-refractivity contribution >= 4 is 57.6 Å². The topological polar surface area (TPSA) is 56.0 Å². The number of nitrogens with one attached hydrogen (secondary N) is 1. The van der Waals surface area contributed by atoms with Gasteiger partial charge in [-0.25, -0.2) is 4.79 Å². The maximum Gasteiger partial charge on any atom is 0.328 e. The van der Waals surface area contributed by atoms with Gasteiger partial charge in [0.15, 0.2) is 0 Å². The number of amides is 1. The van der Waals surface area contributed by atoms with Gasteiger partial charge in [0.05, 0.1) is 16.8 Å². The number of halogens is 2. The van der Waals surface area contributed by atoms with Crippen LogP contribution in [0.4, 0.5) is 5.69 Å². The van der Waals surface area contributed by atoms with E-state index < -0.39 is 0 Å². The molecule has 0 fully saturated rings. The van der Waals surface area contributed by atoms with Crippen molar-refractivity contribution in [3.05, 3.63) is 62.5 Å². The van der Waals surface area contributed by atoms with Crippen LogP contribution in [0.2, 0.25) is 10.0 Å². The van der Waals surface area contributed by atoms with E-state index in [0.29, 0.717) is 21.5 Å². The summed E-state index contributed by atoms with van der Waals surface area (Å²) >= 11 is 13.7. The first-order valence-corrected chi connectivity index (χ1v) is 9.75. The summed E-state index contributed by atoms with van der Waals surface area (Å²) in [5, 5.41) is 4.05. The lowest BCUT2D eigenvalue weighted by Crippen LogP contribution is -2.19. The van der Waals surface area contributed by atoms with Crippen LogP contribution in [0, 0.1) is 0 Å². The van der Waals surface area contributed by atoms with E-state index in [2.05, 4.69) is 5.32 Å². The second kappa shape index (κ2) is 7.78. The zero-order valence-electron chi connectivity index (χ0n) is 14.3. The molecule has 1 heterocycles. The summed E-state index contributed by atoms with van der Waals surface area (Å²) in [4.78, 5) is 24.2. The summed E-state index contributed by atoms with van der Waals surface area (Å²) in [7, 11) is 3.43. The van der Waals surface area contributed by atoms with Crippen LogP contribution < -0.4 is 11.0 Å². The van der Waals surface area contributed by atoms with Gasteiger partial charge < -0.3 is 5.32 Å². The molecule has 0 saturated heterocycles. The third-order valence-electron chi connectivity index (χ3n) is 4.10. The van der Waals surface area contributed by atoms with Crippen molar-refractivity contribution in [1.82, 2.24) is 9.13 Å². The van der Waals surface area contributed by atoms with E-state index in [9.17, 15) is 9.59 Å². The molecule has 0 bridgehead atoms. The quantitative estimate of drug-likeness (QED) is 0.691. The number of rotatable bonds is 5. The van der Waals surface area contributed by atoms with Gasteiger partial charge in [0.1, 0.15) is 0 Å². The number of anilines is 1. The molecule has 3 rings (SSSR count). The Labute approximate surface area is 164 Å². The first-order valence-electron chi connectivity index (χ1n) is 7.84. The number of fused-ring (bicyclic) bond motifs is 1. The van der Waals surface area contributed by atoms with Gasteiger partial charge in [0.25, 0.3) is 0 Å². The van der Waals surface area contributed by atoms with Crippen LogP contribution in [0.25, 0.3) is 11.0 Å². The highest BCUT2D eigenvalue weighted by atomic mass is 35.5. The number of thioether (sulfide) groups is 1. The van der Waals surface area contributed by atoms with Gasteiger partial charge in [0.2, 0.25) is 5.91 Å². The highest BCUT2D eigenvalue weighted by Gasteiger charge is 2.11. The van der Waals surface area contributed by atoms with Crippen molar-refractivity contribution in [2.45, 2.75) is 5.75 Å². The average Bonchev–Trinajstić information content (AvgIpc) is 2.82. The first kappa shape index (κ1) is 18.9. The van der Waals surface area contributed by atoms with Gasteiger partial charge in [0, 0.05) is 35.6 Å². The highest BCUT2D eigenvalue weighted by molar-refractivity contribution is 7.99. The number of hydrogen-bond donors (Lipinski definition) is 1. The minimum Gasteiger partial charge on any atom is -0.325 e. The van der Waals surface area contributed by atoms with Crippen LogP contribution in [0.15, 0.2) is 41.2 Å². The number of nitrogens with zero attached hydrogens (tertiary/aromatic N) is 2. The highest BCUT2D eigenvalue weighted by Crippen LogP contribution is 2.28. The van der Waals surface area contributed by atoms with Crippen LogP contribution in [0.3, 0.4) is 0 Å². The van der Waals surface area contributed by atoms with E-state index in [1.165, 1.54) is 11.8 Å². The molecule has 1 amide bonds. The lowest BCUT2D eigenvalue weighted by molar-refractivity contribution is -0.113. The minimum absolute atomic E-state index is 0.101. The normalized spacial score (nSPS) is 11.1. The third kappa shape index (κ3) is 3.77. The molecule has 0 saturated carbocycles. The van der Waals surface area contributed by atoms with Crippen molar-refractivity contribution in [3.63, 3.8) is 0 Å². The van der Waals surface area contributed by atoms with Crippen LogP contribution in [-0.4, -0.2) is 20.8 Å². The number of carbonyl (C=O) groups is 1. The second-order valence-corrected chi connectivity index (χ2v) is 7.65. The fraction of sp³-hybridized carbons (Fsp3) is 0.222. The molecule has 0 aliphatic carbocycles. The molecule has 0 radical (unpaired) electrons. The molecule has 3 aromatic rings. The van der Waals surface area contributed by atoms with Crippen molar-refractivity contribution < 1.29 is 4.79 Å². The number of imidazole rings is 1. The summed E-state index contributed by atoms with van der Waals surface area (Å²) < 4.78 is 3.13. The SMILES string of the molecule is Cn1c(=O)n(C)c2cc(NC(=O)CSCc3c(Cl)cccc3Cl)ccc21. The predicted molar refractivity (Wildman–Crippen MR) is 109 cm³/mol. The predicted octanol–water partition coefficient (Wildman–Crippen LogP) is 4.06. The van der Waals surface area contributed by atoms with Gasteiger partial charge in [-0.15, -0.1) is 11.8 Å². The van der Waals surface area contributed by atoms with E-state index in [-0.39, 0.29) is 17.3 Å². The largest absolute Gasteiger partial charge is 0.328 e. The van der Waals surface area contributed by atoms with Crippen molar-refractivity contribution in [2.24, 2.45) is 14.1 Å². The Morgan fingerprint density at radius 3 is 2.42 bits per heavy atom. The number of hydrogen-bond acceptors (Lipinski definition) is 3. The lowest BCUT2D eigenvalue weighted by atomic mass is 10.2. The van der Waals surface area contributed by atoms with Gasteiger partial charge in [-0.05, 0) is 35.9 Å². The average molecular weight is 410 g/mol. The van der Waals surface area contributed by atoms with Gasteiger partial charge in [-0.2, -0.15) is 0 Å². The molecular weight excluding hydrogens is 393 g/mol. The van der Waals surface area contributed by atoms with Crippen LogP contribution in [-0.2, 0) is 24.6 Å². The van der Waals surface area contributed by atoms with Crippen molar-refractivity contribution in [3.8, 4) is 0 Å². The summed E-state index contributed by atoms with van der Waals surface area (Å²) in [6, 6.07) is 10.8. The molecule has 26 heavy (non-hydrogen) atoms. The Morgan fingerprint density at radius 2 is 1.73 bits per heavy atom. The Bertz CT molecular complexity index is 1020. The second-order valence-electron chi connectivity index (χ2n) is 5.85. The van der Waals surface area contributed by atoms with Crippen LogP contribution >= 0.6 is 35.0 Å². The first-order chi connectivity index (χ1) is 12.4. The number of aryl methyl sites for hydroxylation is 2. The van der Waals surface area contributed by atoms with Crippen molar-refractivity contribution in [2.75, 3.05) is 11.1 Å². The minimum atomic E-state index is -0.126. The molecule has 136 valence electrons. The van der Waals surface area contributed by atoms with Gasteiger partial charge in [-0.1, -0.05) is 29.3 Å². The maximum atomic E-state index is 12.2. The molecule has 0 aliphatic rings. The molecule has 1 aromatic heterocycles. The standard InChI is InChI=1S/C18H17Cl2N3O2S/c1-22-15-7-6-11(8-16(15)23(2)18(22)25)21-17(24)10-26-9-12-13(19)4-3-5-14(12)20/h3-8H,9-10H2,1-2H3,(H,21,24). The van der Waals surface area contributed by atoms with E-state index in [0.717, 1.165) is 16.6 Å². The van der Waals surface area contributed by atoms with Crippen LogP contribution in [0.5, 0.6) is 0 Å². The molecule has 0 spiro atoms. The van der Waals surface area contributed by atoms with E-state index in [4.69, 9.17) is 23.2 Å². The molecule has 0 unspecified atom stereocenters. The summed E-state index contributed by atoms with van der Waals surface area (Å²) in [5.41, 5.74) is 2.97. The molecular formula is C18H17Cl2N3O2S.